The average molecular weight is 266 g/mol. The molecular weight excluding hydrogens is 247 g/mol. The third kappa shape index (κ3) is 1.98. The highest BCUT2D eigenvalue weighted by atomic mass is 19.1. The lowest BCUT2D eigenvalue weighted by Gasteiger charge is -2.23. The van der Waals surface area contributed by atoms with Gasteiger partial charge >= 0.3 is 0 Å². The number of benzene rings is 2. The minimum Gasteiger partial charge on any atom is -0.239 e. The molecule has 0 bridgehead atoms. The molecule has 1 heteroatoms. The Morgan fingerprint density at radius 2 is 1.70 bits per heavy atom. The summed E-state index contributed by atoms with van der Waals surface area (Å²) >= 11 is 0. The minimum atomic E-state index is -1.34. The van der Waals surface area contributed by atoms with Crippen molar-refractivity contribution in [3.05, 3.63) is 82.9 Å². The van der Waals surface area contributed by atoms with Crippen molar-refractivity contribution >= 4 is 0 Å². The molecule has 2 atom stereocenters. The van der Waals surface area contributed by atoms with Crippen LogP contribution >= 0.6 is 0 Å². The van der Waals surface area contributed by atoms with E-state index in [9.17, 15) is 0 Å². The second kappa shape index (κ2) is 4.59. The third-order valence-corrected chi connectivity index (χ3v) is 4.21. The monoisotopic (exact) mass is 266 g/mol. The van der Waals surface area contributed by atoms with Gasteiger partial charge in [0.1, 0.15) is 5.67 Å². The Hall–Kier alpha value is -1.89. The zero-order chi connectivity index (χ0) is 14.3. The van der Waals surface area contributed by atoms with Crippen LogP contribution in [-0.4, -0.2) is 0 Å². The maximum absolute atomic E-state index is 15.2. The summed E-state index contributed by atoms with van der Waals surface area (Å²) in [6, 6.07) is 16.0. The first-order chi connectivity index (χ1) is 9.50. The van der Waals surface area contributed by atoms with Crippen LogP contribution in [0.5, 0.6) is 0 Å². The molecule has 0 saturated carbocycles. The molecule has 0 spiro atoms. The van der Waals surface area contributed by atoms with E-state index in [-0.39, 0.29) is 5.92 Å². The van der Waals surface area contributed by atoms with Crippen molar-refractivity contribution in [1.82, 2.24) is 0 Å². The molecule has 1 aliphatic carbocycles. The summed E-state index contributed by atoms with van der Waals surface area (Å²) in [7, 11) is 0. The summed E-state index contributed by atoms with van der Waals surface area (Å²) < 4.78 is 15.2. The first kappa shape index (κ1) is 13.1. The van der Waals surface area contributed by atoms with Crippen LogP contribution in [0.1, 0.15) is 42.0 Å². The molecule has 1 aliphatic rings. The Morgan fingerprint density at radius 1 is 1.10 bits per heavy atom. The molecule has 0 fully saturated rings. The molecule has 3 rings (SSSR count). The van der Waals surface area contributed by atoms with E-state index >= 15 is 4.39 Å². The molecule has 20 heavy (non-hydrogen) atoms. The molecule has 0 radical (unpaired) electrons. The number of allylic oxidation sites excluding steroid dienone is 1. The van der Waals surface area contributed by atoms with E-state index in [2.05, 4.69) is 12.6 Å². The number of hydrogen-bond acceptors (Lipinski definition) is 0. The molecule has 2 aromatic rings. The molecule has 2 aromatic carbocycles. The van der Waals surface area contributed by atoms with E-state index in [0.717, 1.165) is 22.3 Å². The lowest BCUT2D eigenvalue weighted by Crippen LogP contribution is -2.19. The number of halogens is 1. The van der Waals surface area contributed by atoms with E-state index in [1.807, 2.05) is 49.4 Å². The van der Waals surface area contributed by atoms with Crippen molar-refractivity contribution in [3.8, 4) is 0 Å². The number of fused-ring (bicyclic) bond motifs is 2. The van der Waals surface area contributed by atoms with Crippen molar-refractivity contribution < 1.29 is 4.39 Å². The average Bonchev–Trinajstić information content (AvgIpc) is 2.50. The first-order valence-electron chi connectivity index (χ1n) is 7.02. The Labute approximate surface area is 120 Å². The van der Waals surface area contributed by atoms with Gasteiger partial charge < -0.3 is 0 Å². The topological polar surface area (TPSA) is 0 Å². The zero-order valence-corrected chi connectivity index (χ0v) is 12.0. The SMILES string of the molecule is C=C(C)C1c2ccccc2CC(C)(F)c2ccccc21. The fourth-order valence-corrected chi connectivity index (χ4v) is 3.35. The van der Waals surface area contributed by atoms with Gasteiger partial charge in [0, 0.05) is 12.3 Å². The van der Waals surface area contributed by atoms with Gasteiger partial charge in [0.2, 0.25) is 0 Å². The molecular formula is C19H19F. The minimum absolute atomic E-state index is 0.0833. The van der Waals surface area contributed by atoms with Crippen LogP contribution in [0.15, 0.2) is 60.7 Å². The predicted molar refractivity (Wildman–Crippen MR) is 81.7 cm³/mol. The van der Waals surface area contributed by atoms with Crippen LogP contribution < -0.4 is 0 Å². The molecule has 0 heterocycles. The number of hydrogen-bond donors (Lipinski definition) is 0. The van der Waals surface area contributed by atoms with Crippen molar-refractivity contribution in [2.75, 3.05) is 0 Å². The van der Waals surface area contributed by atoms with E-state index < -0.39 is 5.67 Å². The second-order valence-electron chi connectivity index (χ2n) is 5.94. The zero-order valence-electron chi connectivity index (χ0n) is 12.0. The smallest absolute Gasteiger partial charge is 0.137 e. The molecule has 0 aromatic heterocycles. The third-order valence-electron chi connectivity index (χ3n) is 4.21. The van der Waals surface area contributed by atoms with Crippen molar-refractivity contribution in [1.29, 1.82) is 0 Å². The Kier molecular flexibility index (Phi) is 3.01. The van der Waals surface area contributed by atoms with Gasteiger partial charge in [0.25, 0.3) is 0 Å². The van der Waals surface area contributed by atoms with Crippen LogP contribution in [0.25, 0.3) is 0 Å². The number of alkyl halides is 1. The standard InChI is InChI=1S/C19H19F/c1-13(2)18-15-9-5-4-8-14(15)12-19(3,20)17-11-7-6-10-16(17)18/h4-11,18H,1,12H2,2-3H3. The van der Waals surface area contributed by atoms with Crippen LogP contribution in [0.4, 0.5) is 4.39 Å². The fraction of sp³-hybridized carbons (Fsp3) is 0.263. The van der Waals surface area contributed by atoms with E-state index in [0.29, 0.717) is 6.42 Å². The van der Waals surface area contributed by atoms with Crippen LogP contribution in [0.2, 0.25) is 0 Å². The van der Waals surface area contributed by atoms with Gasteiger partial charge in [0.05, 0.1) is 0 Å². The largest absolute Gasteiger partial charge is 0.239 e. The summed E-state index contributed by atoms with van der Waals surface area (Å²) in [5.74, 6) is 0.0833. The Morgan fingerprint density at radius 3 is 2.40 bits per heavy atom. The fourth-order valence-electron chi connectivity index (χ4n) is 3.35. The molecule has 0 saturated heterocycles. The van der Waals surface area contributed by atoms with Crippen molar-refractivity contribution in [2.24, 2.45) is 0 Å². The normalized spacial score (nSPS) is 24.4. The molecule has 2 unspecified atom stereocenters. The van der Waals surface area contributed by atoms with Gasteiger partial charge in [-0.15, -0.1) is 0 Å². The Balaban J connectivity index is 2.34. The predicted octanol–water partition coefficient (Wildman–Crippen LogP) is 5.14. The quantitative estimate of drug-likeness (QED) is 0.627. The van der Waals surface area contributed by atoms with Gasteiger partial charge in [-0.05, 0) is 36.1 Å². The molecule has 0 amide bonds. The highest BCUT2D eigenvalue weighted by Crippen LogP contribution is 2.44. The summed E-state index contributed by atoms with van der Waals surface area (Å²) in [4.78, 5) is 0. The second-order valence-corrected chi connectivity index (χ2v) is 5.94. The molecule has 0 N–H and O–H groups in total. The van der Waals surface area contributed by atoms with Gasteiger partial charge in [0.15, 0.2) is 0 Å². The van der Waals surface area contributed by atoms with E-state index in [4.69, 9.17) is 0 Å². The lowest BCUT2D eigenvalue weighted by molar-refractivity contribution is 0.192. The highest BCUT2D eigenvalue weighted by molar-refractivity contribution is 5.51. The van der Waals surface area contributed by atoms with Gasteiger partial charge in [-0.1, -0.05) is 60.7 Å². The van der Waals surface area contributed by atoms with Crippen molar-refractivity contribution in [3.63, 3.8) is 0 Å². The maximum Gasteiger partial charge on any atom is 0.137 e. The van der Waals surface area contributed by atoms with E-state index in [1.54, 1.807) is 6.92 Å². The maximum atomic E-state index is 15.2. The van der Waals surface area contributed by atoms with Crippen molar-refractivity contribution in [2.45, 2.75) is 31.9 Å². The summed E-state index contributed by atoms with van der Waals surface area (Å²) in [5, 5.41) is 0. The first-order valence-corrected chi connectivity index (χ1v) is 7.02. The Bertz CT molecular complexity index is 667. The molecule has 0 aliphatic heterocycles. The van der Waals surface area contributed by atoms with Gasteiger partial charge in [-0.25, -0.2) is 4.39 Å². The summed E-state index contributed by atoms with van der Waals surface area (Å²) in [6.45, 7) is 7.85. The highest BCUT2D eigenvalue weighted by Gasteiger charge is 2.36. The van der Waals surface area contributed by atoms with Gasteiger partial charge in [-0.3, -0.25) is 0 Å². The van der Waals surface area contributed by atoms with Crippen LogP contribution in [0.3, 0.4) is 0 Å². The summed E-state index contributed by atoms with van der Waals surface area (Å²) in [6.07, 6.45) is 0.421. The van der Waals surface area contributed by atoms with Gasteiger partial charge in [-0.2, -0.15) is 0 Å². The number of rotatable bonds is 1. The van der Waals surface area contributed by atoms with Crippen LogP contribution in [-0.2, 0) is 12.1 Å². The molecule has 0 nitrogen and oxygen atoms in total. The van der Waals surface area contributed by atoms with Crippen LogP contribution in [0, 0.1) is 0 Å². The summed E-state index contributed by atoms with van der Waals surface area (Å²) in [5.41, 5.74) is 3.84. The molecule has 102 valence electrons. The van der Waals surface area contributed by atoms with E-state index in [1.165, 1.54) is 5.56 Å². The lowest BCUT2D eigenvalue weighted by atomic mass is 9.83.